The molecule has 2 aromatic carbocycles. The van der Waals surface area contributed by atoms with Crippen molar-refractivity contribution in [3.8, 4) is 0 Å². The normalized spacial score (nSPS) is 12.3. The summed E-state index contributed by atoms with van der Waals surface area (Å²) in [6.45, 7) is 9.34. The first kappa shape index (κ1) is 33.9. The van der Waals surface area contributed by atoms with Gasteiger partial charge in [-0.1, -0.05) is 18.2 Å². The molecule has 0 bridgehead atoms. The van der Waals surface area contributed by atoms with Gasteiger partial charge in [0.1, 0.15) is 5.69 Å². The second-order valence-electron chi connectivity index (χ2n) is 10.8. The Labute approximate surface area is 253 Å². The quantitative estimate of drug-likeness (QED) is 0.115. The largest absolute Gasteiger partial charge is 0.395 e. The summed E-state index contributed by atoms with van der Waals surface area (Å²) < 4.78 is 31.4. The lowest BCUT2D eigenvalue weighted by Crippen LogP contribution is -2.45. The number of hydrogen-bond donors (Lipinski definition) is 5. The van der Waals surface area contributed by atoms with Gasteiger partial charge in [0.2, 0.25) is 0 Å². The second-order valence-corrected chi connectivity index (χ2v) is 13.0. The van der Waals surface area contributed by atoms with Gasteiger partial charge in [-0.15, -0.1) is 5.11 Å². The van der Waals surface area contributed by atoms with Crippen LogP contribution in [0.1, 0.15) is 26.3 Å². The number of rotatable bonds is 16. The number of anilines is 4. The fourth-order valence-corrected chi connectivity index (χ4v) is 5.44. The van der Waals surface area contributed by atoms with E-state index in [0.29, 0.717) is 60.5 Å². The van der Waals surface area contributed by atoms with Crippen LogP contribution in [0.3, 0.4) is 0 Å². The van der Waals surface area contributed by atoms with Gasteiger partial charge in [0.05, 0.1) is 48.5 Å². The minimum atomic E-state index is -3.55. The molecule has 6 N–H and O–H groups in total. The number of nitrogen functional groups attached to an aromatic ring is 1. The van der Waals surface area contributed by atoms with E-state index in [4.69, 9.17) is 15.6 Å². The number of nitrogens with one attached hydrogen (secondary N) is 2. The lowest BCUT2D eigenvalue weighted by Gasteiger charge is -2.35. The molecule has 3 rings (SSSR count). The summed E-state index contributed by atoms with van der Waals surface area (Å²) in [7, 11) is -3.55. The van der Waals surface area contributed by atoms with Crippen LogP contribution in [0, 0.1) is 6.92 Å². The van der Waals surface area contributed by atoms with E-state index >= 15 is 0 Å². The van der Waals surface area contributed by atoms with Crippen LogP contribution in [0.25, 0.3) is 0 Å². The first-order valence-corrected chi connectivity index (χ1v) is 15.8. The summed E-state index contributed by atoms with van der Waals surface area (Å²) in [6.07, 6.45) is 0. The number of aromatic nitrogens is 1. The van der Waals surface area contributed by atoms with Crippen LogP contribution in [0.2, 0.25) is 0 Å². The number of para-hydroxylation sites is 1. The molecule has 0 amide bonds. The van der Waals surface area contributed by atoms with E-state index in [1.54, 1.807) is 12.1 Å². The predicted octanol–water partition coefficient (Wildman–Crippen LogP) is 4.42. The molecule has 0 aliphatic rings. The molecule has 43 heavy (non-hydrogen) atoms. The molecule has 1 aromatic heterocycles. The van der Waals surface area contributed by atoms with E-state index in [-0.39, 0.29) is 36.0 Å². The fourth-order valence-electron chi connectivity index (χ4n) is 4.19. The molecule has 0 saturated carbocycles. The minimum absolute atomic E-state index is 0.0430. The van der Waals surface area contributed by atoms with E-state index in [1.165, 1.54) is 12.1 Å². The Bertz CT molecular complexity index is 1440. The highest BCUT2D eigenvalue weighted by Gasteiger charge is 2.24. The lowest BCUT2D eigenvalue weighted by atomic mass is 10.1. The summed E-state index contributed by atoms with van der Waals surface area (Å²) in [5, 5.41) is 33.5. The zero-order chi connectivity index (χ0) is 31.5. The Morgan fingerprint density at radius 2 is 1.65 bits per heavy atom. The number of benzene rings is 2. The van der Waals surface area contributed by atoms with Crippen molar-refractivity contribution in [2.45, 2.75) is 38.1 Å². The molecule has 3 aromatic rings. The van der Waals surface area contributed by atoms with Crippen molar-refractivity contribution in [2.24, 2.45) is 10.2 Å². The molecule has 0 saturated heterocycles. The smallest absolute Gasteiger partial charge is 0.179 e. The Morgan fingerprint density at radius 1 is 0.953 bits per heavy atom. The Balaban J connectivity index is 1.82. The van der Waals surface area contributed by atoms with Gasteiger partial charge in [0.15, 0.2) is 21.5 Å². The molecule has 0 aliphatic carbocycles. The molecule has 12 nitrogen and oxygen atoms in total. The standard InChI is InChI=1S/C30H43N7O5S/c1-22-26(31)28(33-23-8-6-5-7-9-23)34-29(32-14-19-42-20-18-39)27(22)36-35-24-10-12-25(13-11-24)43(40,41)21-16-37(15-17-38)30(2,3)4/h5-13,38-39H,14-21,31H2,1-4H3,(H2,32,33,34)/b36-35+. The molecule has 13 heteroatoms. The summed E-state index contributed by atoms with van der Waals surface area (Å²) in [5.74, 6) is 0.822. The molecule has 234 valence electrons. The minimum Gasteiger partial charge on any atom is -0.395 e. The van der Waals surface area contributed by atoms with Gasteiger partial charge in [-0.25, -0.2) is 13.4 Å². The molecule has 0 spiro atoms. The molecule has 1 heterocycles. The zero-order valence-electron chi connectivity index (χ0n) is 25.2. The molecular formula is C30H43N7O5S. The third kappa shape index (κ3) is 9.97. The number of β-amino-alcohol motifs (C(OH)–C–C–N with tert-alkyl or cyclic N) is 1. The number of pyridine rings is 1. The van der Waals surface area contributed by atoms with Gasteiger partial charge < -0.3 is 31.3 Å². The van der Waals surface area contributed by atoms with E-state index in [1.807, 2.05) is 62.9 Å². The predicted molar refractivity (Wildman–Crippen MR) is 171 cm³/mol. The van der Waals surface area contributed by atoms with Crippen LogP contribution < -0.4 is 16.4 Å². The van der Waals surface area contributed by atoms with E-state index in [9.17, 15) is 13.5 Å². The SMILES string of the molecule is Cc1c(N)c(Nc2ccccc2)nc(NCCOCCO)c1/N=N/c1ccc(S(=O)(=O)CCN(CCO)C(C)(C)C)cc1. The lowest BCUT2D eigenvalue weighted by molar-refractivity contribution is 0.0992. The molecule has 0 radical (unpaired) electrons. The summed E-state index contributed by atoms with van der Waals surface area (Å²) in [5.41, 5.74) is 8.94. The number of aliphatic hydroxyl groups excluding tert-OH is 2. The van der Waals surface area contributed by atoms with Gasteiger partial charge in [0, 0.05) is 36.4 Å². The average Bonchev–Trinajstić information content (AvgIpc) is 2.97. The molecule has 0 aliphatic heterocycles. The summed E-state index contributed by atoms with van der Waals surface area (Å²) in [6, 6.07) is 15.7. The van der Waals surface area contributed by atoms with Gasteiger partial charge in [-0.2, -0.15) is 5.11 Å². The third-order valence-electron chi connectivity index (χ3n) is 6.68. The van der Waals surface area contributed by atoms with Crippen LogP contribution in [0.4, 0.5) is 34.4 Å². The van der Waals surface area contributed by atoms with E-state index < -0.39 is 9.84 Å². The number of azo groups is 1. The molecule has 0 fully saturated rings. The highest BCUT2D eigenvalue weighted by molar-refractivity contribution is 7.91. The van der Waals surface area contributed by atoms with E-state index in [2.05, 4.69) is 25.8 Å². The Morgan fingerprint density at radius 3 is 2.28 bits per heavy atom. The van der Waals surface area contributed by atoms with Crippen LogP contribution in [-0.4, -0.2) is 85.9 Å². The van der Waals surface area contributed by atoms with Crippen LogP contribution >= 0.6 is 0 Å². The monoisotopic (exact) mass is 613 g/mol. The first-order valence-electron chi connectivity index (χ1n) is 14.1. The molecular weight excluding hydrogens is 570 g/mol. The number of aliphatic hydroxyl groups is 2. The van der Waals surface area contributed by atoms with Gasteiger partial charge in [-0.3, -0.25) is 4.90 Å². The van der Waals surface area contributed by atoms with E-state index in [0.717, 1.165) is 5.69 Å². The molecule has 0 atom stereocenters. The summed E-state index contributed by atoms with van der Waals surface area (Å²) in [4.78, 5) is 6.80. The first-order chi connectivity index (χ1) is 20.5. The van der Waals surface area contributed by atoms with Gasteiger partial charge in [-0.05, 0) is 64.1 Å². The van der Waals surface area contributed by atoms with Crippen molar-refractivity contribution in [3.05, 3.63) is 60.2 Å². The maximum absolute atomic E-state index is 13.0. The van der Waals surface area contributed by atoms with Gasteiger partial charge in [0.25, 0.3) is 0 Å². The number of nitrogens with zero attached hydrogens (tertiary/aromatic N) is 4. The fraction of sp³-hybridized carbons (Fsp3) is 0.433. The maximum atomic E-state index is 13.0. The Kier molecular flexibility index (Phi) is 12.4. The summed E-state index contributed by atoms with van der Waals surface area (Å²) >= 11 is 0. The number of hydrogen-bond acceptors (Lipinski definition) is 12. The van der Waals surface area contributed by atoms with Crippen molar-refractivity contribution in [2.75, 3.05) is 68.2 Å². The Hall–Kier alpha value is -3.62. The number of nitrogens with two attached hydrogens (primary N) is 1. The van der Waals surface area contributed by atoms with Crippen molar-refractivity contribution >= 4 is 44.2 Å². The highest BCUT2D eigenvalue weighted by atomic mass is 32.2. The van der Waals surface area contributed by atoms with Gasteiger partial charge >= 0.3 is 0 Å². The second kappa shape index (κ2) is 15.7. The van der Waals surface area contributed by atoms with Crippen molar-refractivity contribution < 1.29 is 23.4 Å². The van der Waals surface area contributed by atoms with Crippen molar-refractivity contribution in [1.29, 1.82) is 0 Å². The van der Waals surface area contributed by atoms with Crippen LogP contribution in [0.5, 0.6) is 0 Å². The van der Waals surface area contributed by atoms with Crippen LogP contribution in [0.15, 0.2) is 69.7 Å². The number of sulfone groups is 1. The van der Waals surface area contributed by atoms with Crippen molar-refractivity contribution in [3.63, 3.8) is 0 Å². The maximum Gasteiger partial charge on any atom is 0.179 e. The van der Waals surface area contributed by atoms with Crippen molar-refractivity contribution in [1.82, 2.24) is 9.88 Å². The average molecular weight is 614 g/mol. The highest BCUT2D eigenvalue weighted by Crippen LogP contribution is 2.37. The number of ether oxygens (including phenoxy) is 1. The topological polar surface area (TPSA) is 175 Å². The zero-order valence-corrected chi connectivity index (χ0v) is 26.1. The molecule has 0 unspecified atom stereocenters. The third-order valence-corrected chi connectivity index (χ3v) is 8.39. The van der Waals surface area contributed by atoms with Crippen LogP contribution in [-0.2, 0) is 14.6 Å².